The lowest BCUT2D eigenvalue weighted by atomic mass is 9.77. The number of carboxylic acid groups (broad SMARTS) is 1. The molecule has 3 atom stereocenters. The monoisotopic (exact) mass is 557 g/mol. The average molecular weight is 558 g/mol. The molecule has 2 aliphatic heterocycles. The second kappa shape index (κ2) is 11.6. The molecule has 0 bridgehead atoms. The van der Waals surface area contributed by atoms with Crippen molar-refractivity contribution in [1.29, 1.82) is 0 Å². The minimum absolute atomic E-state index is 0.0804. The number of amides is 2. The van der Waals surface area contributed by atoms with Crippen molar-refractivity contribution in [2.75, 3.05) is 5.75 Å². The van der Waals surface area contributed by atoms with Crippen molar-refractivity contribution in [1.82, 2.24) is 10.2 Å². The standard InChI is InChI=1S/C26H27N3O7S2/c1-2-19(30)21-23(32)28-22(24(33)34)25(37-13-12-20(31)27-15-17-6-4-3-5-7-17)38-26(21,28)14-16-8-10-18(11-9-16)29(35)36/h3-11,19,21,30H,2,12-15H2,1H3,(H,27,31)(H,33,34)/t19-,21+,26+/m0/s1. The molecule has 2 amide bonds. The third-order valence-corrected chi connectivity index (χ3v) is 9.32. The highest BCUT2D eigenvalue weighted by Gasteiger charge is 2.68. The van der Waals surface area contributed by atoms with E-state index in [0.29, 0.717) is 28.5 Å². The smallest absolute Gasteiger partial charge is 0.354 e. The van der Waals surface area contributed by atoms with Crippen LogP contribution in [0.1, 0.15) is 30.9 Å². The predicted octanol–water partition coefficient (Wildman–Crippen LogP) is 3.50. The van der Waals surface area contributed by atoms with Crippen molar-refractivity contribution in [2.45, 2.75) is 43.7 Å². The molecule has 38 heavy (non-hydrogen) atoms. The number of aliphatic carboxylic acids is 1. The number of aliphatic hydroxyl groups excluding tert-OH is 1. The molecule has 3 N–H and O–H groups in total. The number of aliphatic hydroxyl groups is 1. The number of carbonyl (C=O) groups is 3. The van der Waals surface area contributed by atoms with Crippen LogP contribution in [0.15, 0.2) is 64.5 Å². The Labute approximate surface area is 227 Å². The third-order valence-electron chi connectivity index (χ3n) is 6.54. The first-order valence-corrected chi connectivity index (χ1v) is 13.8. The van der Waals surface area contributed by atoms with Crippen LogP contribution in [0.3, 0.4) is 0 Å². The van der Waals surface area contributed by atoms with Crippen molar-refractivity contribution < 1.29 is 29.5 Å². The van der Waals surface area contributed by atoms with E-state index < -0.39 is 33.7 Å². The van der Waals surface area contributed by atoms with Gasteiger partial charge < -0.3 is 15.5 Å². The maximum atomic E-state index is 13.1. The summed E-state index contributed by atoms with van der Waals surface area (Å²) in [6, 6.07) is 15.3. The summed E-state index contributed by atoms with van der Waals surface area (Å²) in [6.07, 6.45) is -0.327. The molecule has 2 aliphatic rings. The number of β-lactam (4-membered cyclic amide) rings is 1. The SMILES string of the molecule is CC[C@H](O)[C@@H]1C(=O)N2C(C(=O)O)=C(SCCC(=O)NCc3ccccc3)S[C@]12Cc1ccc([N+](=O)[O-])cc1. The van der Waals surface area contributed by atoms with Gasteiger partial charge in [0.1, 0.15) is 4.87 Å². The second-order valence-electron chi connectivity index (χ2n) is 8.98. The van der Waals surface area contributed by atoms with Gasteiger partial charge in [0.15, 0.2) is 5.70 Å². The van der Waals surface area contributed by atoms with Crippen LogP contribution in [0.25, 0.3) is 0 Å². The van der Waals surface area contributed by atoms with Crippen LogP contribution in [0.5, 0.6) is 0 Å². The van der Waals surface area contributed by atoms with Gasteiger partial charge in [-0.3, -0.25) is 24.6 Å². The number of hydrogen-bond acceptors (Lipinski definition) is 8. The number of nitro benzene ring substituents is 1. The molecule has 1 fully saturated rings. The fourth-order valence-electron chi connectivity index (χ4n) is 4.66. The minimum Gasteiger partial charge on any atom is -0.477 e. The van der Waals surface area contributed by atoms with Gasteiger partial charge in [-0.1, -0.05) is 61.2 Å². The number of hydrogen-bond donors (Lipinski definition) is 3. The normalized spacial score (nSPS) is 21.1. The quantitative estimate of drug-likeness (QED) is 0.202. The highest BCUT2D eigenvalue weighted by atomic mass is 32.2. The molecular weight excluding hydrogens is 530 g/mol. The van der Waals surface area contributed by atoms with E-state index in [1.165, 1.54) is 40.6 Å². The number of thioether (sulfide) groups is 2. The Balaban J connectivity index is 1.50. The molecule has 0 unspecified atom stereocenters. The van der Waals surface area contributed by atoms with Crippen LogP contribution in [0.4, 0.5) is 5.69 Å². The van der Waals surface area contributed by atoms with Crippen LogP contribution >= 0.6 is 23.5 Å². The molecule has 0 aliphatic carbocycles. The van der Waals surface area contributed by atoms with Crippen LogP contribution in [0, 0.1) is 16.0 Å². The van der Waals surface area contributed by atoms with Crippen LogP contribution < -0.4 is 5.32 Å². The van der Waals surface area contributed by atoms with Crippen molar-refractivity contribution in [2.24, 2.45) is 5.92 Å². The maximum Gasteiger partial charge on any atom is 0.354 e. The van der Waals surface area contributed by atoms with E-state index in [4.69, 9.17) is 0 Å². The Hall–Kier alpha value is -3.35. The molecule has 2 heterocycles. The van der Waals surface area contributed by atoms with E-state index in [9.17, 15) is 34.7 Å². The lowest BCUT2D eigenvalue weighted by molar-refractivity contribution is -0.384. The Morgan fingerprint density at radius 1 is 1.18 bits per heavy atom. The van der Waals surface area contributed by atoms with Gasteiger partial charge in [-0.2, -0.15) is 0 Å². The van der Waals surface area contributed by atoms with Gasteiger partial charge in [-0.25, -0.2) is 4.79 Å². The number of non-ortho nitro benzene ring substituents is 1. The molecule has 0 aromatic heterocycles. The molecule has 10 nitrogen and oxygen atoms in total. The number of rotatable bonds is 12. The first-order chi connectivity index (χ1) is 18.2. The van der Waals surface area contributed by atoms with Crippen molar-refractivity contribution in [3.63, 3.8) is 0 Å². The summed E-state index contributed by atoms with van der Waals surface area (Å²) in [6.45, 7) is 2.13. The number of benzene rings is 2. The largest absolute Gasteiger partial charge is 0.477 e. The molecule has 1 saturated heterocycles. The molecule has 200 valence electrons. The number of nitro groups is 1. The van der Waals surface area contributed by atoms with Crippen LogP contribution in [-0.2, 0) is 27.3 Å². The van der Waals surface area contributed by atoms with E-state index in [1.807, 2.05) is 30.3 Å². The topological polar surface area (TPSA) is 150 Å². The number of nitrogens with one attached hydrogen (secondary N) is 1. The lowest BCUT2D eigenvalue weighted by Crippen LogP contribution is -2.71. The highest BCUT2D eigenvalue weighted by molar-refractivity contribution is 8.23. The Kier molecular flexibility index (Phi) is 8.44. The van der Waals surface area contributed by atoms with Gasteiger partial charge in [-0.15, -0.1) is 11.8 Å². The second-order valence-corrected chi connectivity index (χ2v) is 11.7. The molecule has 2 aromatic carbocycles. The van der Waals surface area contributed by atoms with Crippen molar-refractivity contribution in [3.8, 4) is 0 Å². The summed E-state index contributed by atoms with van der Waals surface area (Å²) >= 11 is 2.40. The third kappa shape index (κ3) is 5.42. The van der Waals surface area contributed by atoms with E-state index in [1.54, 1.807) is 19.1 Å². The summed E-state index contributed by atoms with van der Waals surface area (Å²) in [5, 5.41) is 34.6. The molecule has 2 aromatic rings. The van der Waals surface area contributed by atoms with E-state index >= 15 is 0 Å². The first kappa shape index (κ1) is 27.7. The summed E-state index contributed by atoms with van der Waals surface area (Å²) in [5.74, 6) is -2.45. The number of carbonyl (C=O) groups excluding carboxylic acids is 2. The molecular formula is C26H27N3O7S2. The fourth-order valence-corrected chi connectivity index (χ4v) is 7.86. The maximum absolute atomic E-state index is 13.1. The summed E-state index contributed by atoms with van der Waals surface area (Å²) in [5.41, 5.74) is 1.40. The number of fused-ring (bicyclic) bond motifs is 1. The number of carboxylic acids is 1. The Bertz CT molecular complexity index is 1270. The highest BCUT2D eigenvalue weighted by Crippen LogP contribution is 2.62. The molecule has 0 saturated carbocycles. The Morgan fingerprint density at radius 3 is 2.47 bits per heavy atom. The zero-order chi connectivity index (χ0) is 27.4. The van der Waals surface area contributed by atoms with Gasteiger partial charge in [-0.05, 0) is 17.5 Å². The van der Waals surface area contributed by atoms with E-state index in [0.717, 1.165) is 5.56 Å². The average Bonchev–Trinajstić information content (AvgIpc) is 3.18. The van der Waals surface area contributed by atoms with Crippen LogP contribution in [-0.4, -0.2) is 54.5 Å². The Morgan fingerprint density at radius 2 is 1.87 bits per heavy atom. The predicted molar refractivity (Wildman–Crippen MR) is 144 cm³/mol. The number of nitrogens with zero attached hydrogens (tertiary/aromatic N) is 2. The van der Waals surface area contributed by atoms with E-state index in [2.05, 4.69) is 5.32 Å². The molecule has 0 spiro atoms. The van der Waals surface area contributed by atoms with Gasteiger partial charge in [0, 0.05) is 37.3 Å². The fraction of sp³-hybridized carbons (Fsp3) is 0.346. The zero-order valence-corrected chi connectivity index (χ0v) is 22.2. The zero-order valence-electron chi connectivity index (χ0n) is 20.5. The van der Waals surface area contributed by atoms with Gasteiger partial charge in [0.2, 0.25) is 11.8 Å². The lowest BCUT2D eigenvalue weighted by Gasteiger charge is -2.54. The van der Waals surface area contributed by atoms with Gasteiger partial charge in [0.25, 0.3) is 5.69 Å². The summed E-state index contributed by atoms with van der Waals surface area (Å²) in [4.78, 5) is 48.5. The van der Waals surface area contributed by atoms with Crippen molar-refractivity contribution in [3.05, 3.63) is 85.8 Å². The summed E-state index contributed by atoms with van der Waals surface area (Å²) in [7, 11) is 0. The van der Waals surface area contributed by atoms with Crippen molar-refractivity contribution >= 4 is 47.0 Å². The minimum atomic E-state index is -1.27. The summed E-state index contributed by atoms with van der Waals surface area (Å²) < 4.78 is 0.398. The van der Waals surface area contributed by atoms with Crippen LogP contribution in [0.2, 0.25) is 0 Å². The van der Waals surface area contributed by atoms with Gasteiger partial charge >= 0.3 is 5.97 Å². The molecule has 4 rings (SSSR count). The van der Waals surface area contributed by atoms with Gasteiger partial charge in [0.05, 0.1) is 21.2 Å². The molecule has 0 radical (unpaired) electrons. The van der Waals surface area contributed by atoms with E-state index in [-0.39, 0.29) is 30.1 Å². The molecule has 12 heteroatoms. The first-order valence-electron chi connectivity index (χ1n) is 12.0.